The van der Waals surface area contributed by atoms with Gasteiger partial charge in [-0.25, -0.2) is 9.97 Å². The summed E-state index contributed by atoms with van der Waals surface area (Å²) in [6, 6.07) is 9.75. The lowest BCUT2D eigenvalue weighted by Gasteiger charge is -2.21. The zero-order valence-electron chi connectivity index (χ0n) is 16.4. The van der Waals surface area contributed by atoms with Crippen molar-refractivity contribution in [2.45, 2.75) is 33.6 Å². The molecule has 2 aromatic rings. The molecule has 140 valence electrons. The maximum Gasteiger partial charge on any atom is 0.272 e. The number of nitrogens with zero attached hydrogens (tertiary/aromatic N) is 4. The highest BCUT2D eigenvalue weighted by molar-refractivity contribution is 5.92. The maximum absolute atomic E-state index is 12.8. The van der Waals surface area contributed by atoms with E-state index in [1.165, 1.54) is 0 Å². The van der Waals surface area contributed by atoms with Crippen molar-refractivity contribution in [3.8, 4) is 0 Å². The minimum Gasteiger partial charge on any atom is -0.378 e. The van der Waals surface area contributed by atoms with Crippen molar-refractivity contribution in [3.05, 3.63) is 41.7 Å². The molecule has 0 saturated heterocycles. The molecule has 0 unspecified atom stereocenters. The van der Waals surface area contributed by atoms with Crippen LogP contribution in [0.4, 0.5) is 17.3 Å². The number of benzene rings is 1. The standard InChI is InChI=1S/C20H29N5O/c1-6-12-25(13-7-2)19(26)18-14-15(3)21-20(23-18)22-16-8-10-17(11-9-16)24(4)5/h8-11,14H,6-7,12-13H2,1-5H3,(H,21,22,23). The van der Waals surface area contributed by atoms with E-state index in [1.807, 2.05) is 55.1 Å². The predicted octanol–water partition coefficient (Wildman–Crippen LogP) is 3.86. The summed E-state index contributed by atoms with van der Waals surface area (Å²) < 4.78 is 0. The van der Waals surface area contributed by atoms with Crippen LogP contribution in [0.25, 0.3) is 0 Å². The van der Waals surface area contributed by atoms with E-state index in [9.17, 15) is 4.79 Å². The van der Waals surface area contributed by atoms with Gasteiger partial charge in [0.05, 0.1) is 0 Å². The van der Waals surface area contributed by atoms with Crippen molar-refractivity contribution in [3.63, 3.8) is 0 Å². The summed E-state index contributed by atoms with van der Waals surface area (Å²) in [7, 11) is 4.00. The monoisotopic (exact) mass is 355 g/mol. The third-order valence-corrected chi connectivity index (χ3v) is 3.99. The average Bonchev–Trinajstić information content (AvgIpc) is 2.61. The van der Waals surface area contributed by atoms with Gasteiger partial charge in [0.2, 0.25) is 5.95 Å². The number of aryl methyl sites for hydroxylation is 1. The number of aromatic nitrogens is 2. The molecule has 0 spiro atoms. The Labute approximate surface area is 156 Å². The zero-order valence-corrected chi connectivity index (χ0v) is 16.4. The van der Waals surface area contributed by atoms with Crippen molar-refractivity contribution >= 4 is 23.2 Å². The number of carbonyl (C=O) groups excluding carboxylic acids is 1. The summed E-state index contributed by atoms with van der Waals surface area (Å²) in [5, 5.41) is 3.20. The van der Waals surface area contributed by atoms with Crippen molar-refractivity contribution < 1.29 is 4.79 Å². The SMILES string of the molecule is CCCN(CCC)C(=O)c1cc(C)nc(Nc2ccc(N(C)C)cc2)n1. The molecular formula is C20H29N5O. The minimum absolute atomic E-state index is 0.0368. The van der Waals surface area contributed by atoms with E-state index in [4.69, 9.17) is 0 Å². The van der Waals surface area contributed by atoms with Gasteiger partial charge in [-0.05, 0) is 50.1 Å². The van der Waals surface area contributed by atoms with Gasteiger partial charge in [0.25, 0.3) is 5.91 Å². The molecule has 2 rings (SSSR count). The number of amides is 1. The van der Waals surface area contributed by atoms with Gasteiger partial charge in [-0.2, -0.15) is 0 Å². The topological polar surface area (TPSA) is 61.4 Å². The van der Waals surface area contributed by atoms with Gasteiger partial charge in [0, 0.05) is 44.3 Å². The lowest BCUT2D eigenvalue weighted by atomic mass is 10.2. The molecule has 0 bridgehead atoms. The van der Waals surface area contributed by atoms with Crippen molar-refractivity contribution in [1.29, 1.82) is 0 Å². The Hall–Kier alpha value is -2.63. The van der Waals surface area contributed by atoms with Gasteiger partial charge in [0.15, 0.2) is 0 Å². The minimum atomic E-state index is -0.0368. The molecule has 0 saturated carbocycles. The van der Waals surface area contributed by atoms with Gasteiger partial charge < -0.3 is 15.1 Å². The first-order valence-electron chi connectivity index (χ1n) is 9.14. The number of hydrogen-bond acceptors (Lipinski definition) is 5. The molecule has 0 aliphatic carbocycles. The molecule has 0 radical (unpaired) electrons. The predicted molar refractivity (Wildman–Crippen MR) is 107 cm³/mol. The van der Waals surface area contributed by atoms with Crippen LogP contribution < -0.4 is 10.2 Å². The van der Waals surface area contributed by atoms with E-state index in [2.05, 4.69) is 29.1 Å². The molecule has 6 heteroatoms. The summed E-state index contributed by atoms with van der Waals surface area (Å²) in [4.78, 5) is 25.6. The van der Waals surface area contributed by atoms with Crippen molar-refractivity contribution in [1.82, 2.24) is 14.9 Å². The smallest absolute Gasteiger partial charge is 0.272 e. The highest BCUT2D eigenvalue weighted by Gasteiger charge is 2.17. The largest absolute Gasteiger partial charge is 0.378 e. The highest BCUT2D eigenvalue weighted by Crippen LogP contribution is 2.19. The van der Waals surface area contributed by atoms with Crippen LogP contribution in [0.1, 0.15) is 42.9 Å². The lowest BCUT2D eigenvalue weighted by Crippen LogP contribution is -2.33. The molecule has 26 heavy (non-hydrogen) atoms. The Morgan fingerprint density at radius 3 is 2.19 bits per heavy atom. The van der Waals surface area contributed by atoms with E-state index >= 15 is 0 Å². The van der Waals surface area contributed by atoms with Crippen LogP contribution in [0.2, 0.25) is 0 Å². The number of nitrogens with one attached hydrogen (secondary N) is 1. The van der Waals surface area contributed by atoms with Gasteiger partial charge in [-0.1, -0.05) is 13.8 Å². The summed E-state index contributed by atoms with van der Waals surface area (Å²) in [6.07, 6.45) is 1.86. The number of carbonyl (C=O) groups is 1. The molecule has 1 aromatic heterocycles. The van der Waals surface area contributed by atoms with Crippen molar-refractivity contribution in [2.24, 2.45) is 0 Å². The second-order valence-electron chi connectivity index (χ2n) is 6.58. The Balaban J connectivity index is 2.21. The second-order valence-corrected chi connectivity index (χ2v) is 6.58. The fourth-order valence-electron chi connectivity index (χ4n) is 2.72. The first kappa shape index (κ1) is 19.7. The number of hydrogen-bond donors (Lipinski definition) is 1. The van der Waals surface area contributed by atoms with Gasteiger partial charge in [-0.15, -0.1) is 0 Å². The summed E-state index contributed by atoms with van der Waals surface area (Å²) >= 11 is 0. The summed E-state index contributed by atoms with van der Waals surface area (Å²) in [5.41, 5.74) is 3.21. The van der Waals surface area contributed by atoms with E-state index < -0.39 is 0 Å². The molecule has 1 amide bonds. The van der Waals surface area contributed by atoms with Crippen LogP contribution in [0.3, 0.4) is 0 Å². The highest BCUT2D eigenvalue weighted by atomic mass is 16.2. The Kier molecular flexibility index (Phi) is 6.95. The molecule has 1 heterocycles. The van der Waals surface area contributed by atoms with Gasteiger partial charge in [0.1, 0.15) is 5.69 Å². The molecule has 1 aromatic carbocycles. The third-order valence-electron chi connectivity index (χ3n) is 3.99. The summed E-state index contributed by atoms with van der Waals surface area (Å²) in [5.74, 6) is 0.407. The van der Waals surface area contributed by atoms with Crippen LogP contribution in [-0.2, 0) is 0 Å². The van der Waals surface area contributed by atoms with Crippen molar-refractivity contribution in [2.75, 3.05) is 37.4 Å². The third kappa shape index (κ3) is 5.18. The molecule has 1 N–H and O–H groups in total. The normalized spacial score (nSPS) is 10.5. The van der Waals surface area contributed by atoms with Crippen LogP contribution >= 0.6 is 0 Å². The molecule has 0 aliphatic rings. The molecule has 0 atom stereocenters. The van der Waals surface area contributed by atoms with E-state index in [1.54, 1.807) is 6.07 Å². The lowest BCUT2D eigenvalue weighted by molar-refractivity contribution is 0.0749. The Morgan fingerprint density at radius 1 is 1.04 bits per heavy atom. The maximum atomic E-state index is 12.8. The van der Waals surface area contributed by atoms with Crippen LogP contribution in [0.5, 0.6) is 0 Å². The van der Waals surface area contributed by atoms with E-state index in [0.29, 0.717) is 11.6 Å². The molecule has 0 fully saturated rings. The fourth-order valence-corrected chi connectivity index (χ4v) is 2.72. The summed E-state index contributed by atoms with van der Waals surface area (Å²) in [6.45, 7) is 7.51. The van der Waals surface area contributed by atoms with Gasteiger partial charge in [-0.3, -0.25) is 4.79 Å². The van der Waals surface area contributed by atoms with Crippen LogP contribution in [0.15, 0.2) is 30.3 Å². The fraction of sp³-hybridized carbons (Fsp3) is 0.450. The zero-order chi connectivity index (χ0) is 19.1. The van der Waals surface area contributed by atoms with Crippen LogP contribution in [0, 0.1) is 6.92 Å². The quantitative estimate of drug-likeness (QED) is 0.779. The van der Waals surface area contributed by atoms with E-state index in [-0.39, 0.29) is 5.91 Å². The Bertz CT molecular complexity index is 721. The number of rotatable bonds is 8. The van der Waals surface area contributed by atoms with Crippen LogP contribution in [-0.4, -0.2) is 48.0 Å². The van der Waals surface area contributed by atoms with E-state index in [0.717, 1.165) is 43.0 Å². The first-order valence-corrected chi connectivity index (χ1v) is 9.14. The molecule has 0 aliphatic heterocycles. The number of anilines is 3. The average molecular weight is 355 g/mol. The second kappa shape index (κ2) is 9.17. The van der Waals surface area contributed by atoms with Gasteiger partial charge >= 0.3 is 0 Å². The molecule has 6 nitrogen and oxygen atoms in total. The first-order chi connectivity index (χ1) is 12.4. The molecular weight excluding hydrogens is 326 g/mol. The Morgan fingerprint density at radius 2 is 1.65 bits per heavy atom.